The van der Waals surface area contributed by atoms with Crippen LogP contribution in [0, 0.1) is 12.7 Å². The summed E-state index contributed by atoms with van der Waals surface area (Å²) in [4.78, 5) is 40.7. The average molecular weight is 439 g/mol. The van der Waals surface area contributed by atoms with E-state index in [0.717, 1.165) is 55.0 Å². The number of fused-ring (bicyclic) bond motifs is 1. The van der Waals surface area contributed by atoms with E-state index >= 15 is 0 Å². The molecule has 1 aromatic carbocycles. The van der Waals surface area contributed by atoms with E-state index < -0.39 is 17.8 Å². The first kappa shape index (κ1) is 20.8. The zero-order valence-electron chi connectivity index (χ0n) is 18.0. The van der Waals surface area contributed by atoms with Crippen molar-refractivity contribution in [2.24, 2.45) is 0 Å². The van der Waals surface area contributed by atoms with Crippen molar-refractivity contribution in [1.29, 1.82) is 0 Å². The van der Waals surface area contributed by atoms with E-state index in [1.165, 1.54) is 11.0 Å². The zero-order valence-corrected chi connectivity index (χ0v) is 18.0. The Bertz CT molecular complexity index is 1090. The SMILES string of the molecule is Cc1cc(CN2CCC(c3cc(F)cc4c3CN(C3CCC(=O)NC3=O)C4=O)CC2)n[nH]1. The topological polar surface area (TPSA) is 98.4 Å². The maximum Gasteiger partial charge on any atom is 0.255 e. The number of rotatable bonds is 4. The van der Waals surface area contributed by atoms with Gasteiger partial charge in [-0.25, -0.2) is 4.39 Å². The van der Waals surface area contributed by atoms with E-state index in [2.05, 4.69) is 20.4 Å². The molecule has 8 nitrogen and oxygen atoms in total. The van der Waals surface area contributed by atoms with E-state index in [0.29, 0.717) is 12.0 Å². The van der Waals surface area contributed by atoms with E-state index in [1.807, 2.05) is 13.0 Å². The summed E-state index contributed by atoms with van der Waals surface area (Å²) in [6.07, 6.45) is 2.23. The minimum Gasteiger partial charge on any atom is -0.322 e. The highest BCUT2D eigenvalue weighted by Crippen LogP contribution is 2.37. The number of carbonyl (C=O) groups excluding carboxylic acids is 3. The largest absolute Gasteiger partial charge is 0.322 e. The molecule has 2 saturated heterocycles. The number of benzene rings is 1. The predicted molar refractivity (Wildman–Crippen MR) is 113 cm³/mol. The molecule has 0 spiro atoms. The molecule has 0 radical (unpaired) electrons. The molecule has 1 aromatic heterocycles. The molecule has 0 bridgehead atoms. The Morgan fingerprint density at radius 1 is 1.12 bits per heavy atom. The summed E-state index contributed by atoms with van der Waals surface area (Å²) in [6, 6.07) is 4.18. The molecule has 32 heavy (non-hydrogen) atoms. The Hall–Kier alpha value is -3.07. The van der Waals surface area contributed by atoms with Gasteiger partial charge in [-0.3, -0.25) is 29.7 Å². The van der Waals surface area contributed by atoms with E-state index in [1.54, 1.807) is 6.07 Å². The highest BCUT2D eigenvalue weighted by Gasteiger charge is 2.41. The Labute approximate surface area is 185 Å². The van der Waals surface area contributed by atoms with Gasteiger partial charge in [0.05, 0.1) is 5.69 Å². The molecule has 1 atom stereocenters. The first-order chi connectivity index (χ1) is 15.4. The molecule has 9 heteroatoms. The van der Waals surface area contributed by atoms with E-state index in [-0.39, 0.29) is 30.7 Å². The molecule has 2 N–H and O–H groups in total. The fourth-order valence-corrected chi connectivity index (χ4v) is 5.20. The molecule has 5 rings (SSSR count). The lowest BCUT2D eigenvalue weighted by Gasteiger charge is -2.32. The number of halogens is 1. The van der Waals surface area contributed by atoms with Gasteiger partial charge < -0.3 is 4.90 Å². The number of hydrogen-bond donors (Lipinski definition) is 2. The summed E-state index contributed by atoms with van der Waals surface area (Å²) in [5, 5.41) is 9.58. The van der Waals surface area contributed by atoms with Crippen molar-refractivity contribution in [2.75, 3.05) is 13.1 Å². The molecule has 0 aliphatic carbocycles. The first-order valence-corrected chi connectivity index (χ1v) is 11.1. The highest BCUT2D eigenvalue weighted by atomic mass is 19.1. The Morgan fingerprint density at radius 2 is 1.91 bits per heavy atom. The Balaban J connectivity index is 1.32. The van der Waals surface area contributed by atoms with Gasteiger partial charge >= 0.3 is 0 Å². The lowest BCUT2D eigenvalue weighted by Crippen LogP contribution is -2.52. The second kappa shape index (κ2) is 8.12. The quantitative estimate of drug-likeness (QED) is 0.710. The number of nitrogens with zero attached hydrogens (tertiary/aromatic N) is 3. The maximum atomic E-state index is 14.5. The summed E-state index contributed by atoms with van der Waals surface area (Å²) in [6.45, 7) is 4.77. The lowest BCUT2D eigenvalue weighted by molar-refractivity contribution is -0.136. The number of aryl methyl sites for hydroxylation is 1. The van der Waals surface area contributed by atoms with Gasteiger partial charge in [0.2, 0.25) is 11.8 Å². The van der Waals surface area contributed by atoms with Gasteiger partial charge in [0.15, 0.2) is 0 Å². The molecule has 3 amide bonds. The average Bonchev–Trinajstić information content (AvgIpc) is 3.31. The van der Waals surface area contributed by atoms with Crippen molar-refractivity contribution in [2.45, 2.75) is 57.7 Å². The molecular formula is C23H26FN5O3. The molecule has 2 fully saturated rings. The van der Waals surface area contributed by atoms with Crippen LogP contribution in [0.15, 0.2) is 18.2 Å². The van der Waals surface area contributed by atoms with Crippen LogP contribution in [0.25, 0.3) is 0 Å². The number of hydrogen-bond acceptors (Lipinski definition) is 5. The van der Waals surface area contributed by atoms with Crippen molar-refractivity contribution in [3.8, 4) is 0 Å². The zero-order chi connectivity index (χ0) is 22.4. The lowest BCUT2D eigenvalue weighted by atomic mass is 9.85. The van der Waals surface area contributed by atoms with Gasteiger partial charge in [-0.1, -0.05) is 0 Å². The molecular weight excluding hydrogens is 413 g/mol. The van der Waals surface area contributed by atoms with E-state index in [9.17, 15) is 18.8 Å². The van der Waals surface area contributed by atoms with Crippen LogP contribution in [0.4, 0.5) is 4.39 Å². The number of imide groups is 1. The van der Waals surface area contributed by atoms with Gasteiger partial charge in [-0.05, 0) is 74.5 Å². The summed E-state index contributed by atoms with van der Waals surface area (Å²) in [5.74, 6) is -1.37. The second-order valence-corrected chi connectivity index (χ2v) is 9.01. The van der Waals surface area contributed by atoms with Crippen LogP contribution in [0.5, 0.6) is 0 Å². The highest BCUT2D eigenvalue weighted by molar-refractivity contribution is 6.05. The fraction of sp³-hybridized carbons (Fsp3) is 0.478. The first-order valence-electron chi connectivity index (χ1n) is 11.1. The van der Waals surface area contributed by atoms with Crippen LogP contribution < -0.4 is 5.32 Å². The van der Waals surface area contributed by atoms with Crippen LogP contribution in [0.3, 0.4) is 0 Å². The van der Waals surface area contributed by atoms with Crippen LogP contribution in [-0.2, 0) is 22.7 Å². The minimum absolute atomic E-state index is 0.158. The molecule has 3 aliphatic heterocycles. The van der Waals surface area contributed by atoms with Crippen LogP contribution in [-0.4, -0.2) is 56.9 Å². The van der Waals surface area contributed by atoms with Gasteiger partial charge in [-0.15, -0.1) is 0 Å². The van der Waals surface area contributed by atoms with Crippen molar-refractivity contribution in [3.05, 3.63) is 52.1 Å². The Morgan fingerprint density at radius 3 is 2.59 bits per heavy atom. The van der Waals surface area contributed by atoms with Gasteiger partial charge in [0.1, 0.15) is 11.9 Å². The number of aromatic amines is 1. The molecule has 168 valence electrons. The van der Waals surface area contributed by atoms with Crippen LogP contribution >= 0.6 is 0 Å². The van der Waals surface area contributed by atoms with Crippen molar-refractivity contribution in [1.82, 2.24) is 25.3 Å². The molecule has 0 saturated carbocycles. The number of aromatic nitrogens is 2. The molecule has 1 unspecified atom stereocenters. The summed E-state index contributed by atoms with van der Waals surface area (Å²) in [7, 11) is 0. The maximum absolute atomic E-state index is 14.5. The monoisotopic (exact) mass is 439 g/mol. The normalized spacial score (nSPS) is 22.4. The smallest absolute Gasteiger partial charge is 0.255 e. The Kier molecular flexibility index (Phi) is 5.28. The third-order valence-electron chi connectivity index (χ3n) is 6.83. The van der Waals surface area contributed by atoms with Gasteiger partial charge in [0.25, 0.3) is 5.91 Å². The number of piperidine rings is 2. The number of H-pyrrole nitrogens is 1. The fourth-order valence-electron chi connectivity index (χ4n) is 5.20. The molecule has 3 aliphatic rings. The van der Waals surface area contributed by atoms with Crippen LogP contribution in [0.2, 0.25) is 0 Å². The molecule has 4 heterocycles. The van der Waals surface area contributed by atoms with Crippen molar-refractivity contribution < 1.29 is 18.8 Å². The standard InChI is InChI=1S/C23H26FN5O3/c1-13-8-16(27-26-13)11-28-6-4-14(5-7-28)17-9-15(24)10-18-19(17)12-29(23(18)32)20-2-3-21(30)25-22(20)31/h8-10,14,20H,2-7,11-12H2,1H3,(H,26,27)(H,25,30,31). The number of amides is 3. The molecule has 2 aromatic rings. The predicted octanol–water partition coefficient (Wildman–Crippen LogP) is 2.00. The third kappa shape index (κ3) is 3.81. The minimum atomic E-state index is -0.692. The summed E-state index contributed by atoms with van der Waals surface area (Å²) >= 11 is 0. The van der Waals surface area contributed by atoms with E-state index in [4.69, 9.17) is 0 Å². The van der Waals surface area contributed by atoms with Crippen LogP contribution in [0.1, 0.15) is 64.5 Å². The third-order valence-corrected chi connectivity index (χ3v) is 6.83. The summed E-state index contributed by atoms with van der Waals surface area (Å²) in [5.41, 5.74) is 4.09. The second-order valence-electron chi connectivity index (χ2n) is 9.01. The number of nitrogens with one attached hydrogen (secondary N) is 2. The number of likely N-dealkylation sites (tertiary alicyclic amines) is 1. The number of carbonyl (C=O) groups is 3. The van der Waals surface area contributed by atoms with Gasteiger partial charge in [0, 0.05) is 30.8 Å². The summed E-state index contributed by atoms with van der Waals surface area (Å²) < 4.78 is 14.5. The van der Waals surface area contributed by atoms with Gasteiger partial charge in [-0.2, -0.15) is 5.10 Å². The van der Waals surface area contributed by atoms with Crippen molar-refractivity contribution in [3.63, 3.8) is 0 Å². The van der Waals surface area contributed by atoms with Crippen molar-refractivity contribution >= 4 is 17.7 Å².